The van der Waals surface area contributed by atoms with Crippen molar-refractivity contribution in [1.29, 1.82) is 0 Å². The minimum absolute atomic E-state index is 0.212. The quantitative estimate of drug-likeness (QED) is 0.729. The van der Waals surface area contributed by atoms with Crippen LogP contribution < -0.4 is 4.74 Å². The summed E-state index contributed by atoms with van der Waals surface area (Å²) in [7, 11) is -1.12. The van der Waals surface area contributed by atoms with Crippen LogP contribution >= 0.6 is 0 Å². The molecule has 21 heavy (non-hydrogen) atoms. The van der Waals surface area contributed by atoms with Crippen molar-refractivity contribution in [3.05, 3.63) is 65.7 Å². The highest BCUT2D eigenvalue weighted by Gasteiger charge is 2.06. The predicted octanol–water partition coefficient (Wildman–Crippen LogP) is 3.68. The molecule has 0 heterocycles. The zero-order valence-corrected chi connectivity index (χ0v) is 12.2. The van der Waals surface area contributed by atoms with Crippen molar-refractivity contribution in [2.24, 2.45) is 0 Å². The van der Waals surface area contributed by atoms with E-state index in [1.165, 1.54) is 18.2 Å². The Morgan fingerprint density at radius 2 is 1.71 bits per heavy atom. The van der Waals surface area contributed by atoms with Crippen molar-refractivity contribution in [2.75, 3.05) is 12.4 Å². The zero-order chi connectivity index (χ0) is 15.1. The van der Waals surface area contributed by atoms with E-state index in [9.17, 15) is 13.0 Å². The fourth-order valence-corrected chi connectivity index (χ4v) is 2.97. The summed E-state index contributed by atoms with van der Waals surface area (Å²) in [5.74, 6) is 0.594. The van der Waals surface area contributed by atoms with Crippen LogP contribution in [0.1, 0.15) is 12.0 Å². The summed E-state index contributed by atoms with van der Waals surface area (Å²) in [5, 5.41) is 0. The number of rotatable bonds is 7. The summed E-state index contributed by atoms with van der Waals surface area (Å²) in [6, 6.07) is 12.1. The molecule has 2 rings (SSSR count). The SMILES string of the molecule is O=[S@](CCCOc1ccc(F)cc1)Cc1ccccc1F. The van der Waals surface area contributed by atoms with Gasteiger partial charge in [-0.15, -0.1) is 0 Å². The van der Waals surface area contributed by atoms with Crippen LogP contribution in [0.4, 0.5) is 8.78 Å². The Balaban J connectivity index is 1.70. The van der Waals surface area contributed by atoms with Gasteiger partial charge in [0, 0.05) is 22.1 Å². The van der Waals surface area contributed by atoms with E-state index in [1.54, 1.807) is 30.3 Å². The number of hydrogen-bond acceptors (Lipinski definition) is 2. The van der Waals surface area contributed by atoms with Crippen LogP contribution in [0.5, 0.6) is 5.75 Å². The molecular formula is C16H16F2O2S. The number of hydrogen-bond donors (Lipinski definition) is 0. The Hall–Kier alpha value is -1.75. The molecule has 2 nitrogen and oxygen atoms in total. The molecule has 2 aromatic carbocycles. The van der Waals surface area contributed by atoms with Gasteiger partial charge < -0.3 is 4.74 Å². The van der Waals surface area contributed by atoms with E-state index in [0.29, 0.717) is 30.1 Å². The van der Waals surface area contributed by atoms with Crippen LogP contribution in [0, 0.1) is 11.6 Å². The first kappa shape index (κ1) is 15.6. The second-order valence-corrected chi connectivity index (χ2v) is 6.11. The van der Waals surface area contributed by atoms with Gasteiger partial charge in [0.15, 0.2) is 0 Å². The topological polar surface area (TPSA) is 26.3 Å². The second-order valence-electron chi connectivity index (χ2n) is 4.54. The standard InChI is InChI=1S/C16H16F2O2S/c17-14-6-8-15(9-7-14)20-10-3-11-21(19)12-13-4-1-2-5-16(13)18/h1-2,4-9H,3,10-12H2/t21-/m1/s1. The zero-order valence-electron chi connectivity index (χ0n) is 11.4. The molecule has 0 aliphatic rings. The molecule has 0 radical (unpaired) electrons. The average Bonchev–Trinajstić information content (AvgIpc) is 2.48. The lowest BCUT2D eigenvalue weighted by molar-refractivity contribution is 0.318. The maximum Gasteiger partial charge on any atom is 0.127 e. The molecule has 5 heteroatoms. The van der Waals surface area contributed by atoms with Gasteiger partial charge in [0.05, 0.1) is 12.4 Å². The van der Waals surface area contributed by atoms with Gasteiger partial charge in [0.1, 0.15) is 17.4 Å². The molecule has 0 saturated heterocycles. The van der Waals surface area contributed by atoms with E-state index in [1.807, 2.05) is 0 Å². The molecule has 0 bridgehead atoms. The minimum atomic E-state index is -1.12. The molecule has 1 atom stereocenters. The van der Waals surface area contributed by atoms with E-state index in [2.05, 4.69) is 0 Å². The highest BCUT2D eigenvalue weighted by molar-refractivity contribution is 7.84. The van der Waals surface area contributed by atoms with Gasteiger partial charge in [-0.1, -0.05) is 18.2 Å². The molecule has 0 aromatic heterocycles. The molecule has 0 aliphatic carbocycles. The third-order valence-electron chi connectivity index (χ3n) is 2.87. The van der Waals surface area contributed by atoms with Crippen LogP contribution in [-0.4, -0.2) is 16.6 Å². The molecule has 0 aliphatic heterocycles. The third kappa shape index (κ3) is 5.27. The van der Waals surface area contributed by atoms with E-state index in [4.69, 9.17) is 4.74 Å². The van der Waals surface area contributed by atoms with E-state index >= 15 is 0 Å². The number of benzene rings is 2. The lowest BCUT2D eigenvalue weighted by Crippen LogP contribution is -2.07. The maximum atomic E-state index is 13.4. The molecule has 0 unspecified atom stereocenters. The van der Waals surface area contributed by atoms with Gasteiger partial charge in [-0.05, 0) is 36.8 Å². The molecule has 2 aromatic rings. The molecule has 0 saturated carbocycles. The van der Waals surface area contributed by atoms with Crippen LogP contribution in [0.25, 0.3) is 0 Å². The van der Waals surface area contributed by atoms with Crippen LogP contribution in [0.15, 0.2) is 48.5 Å². The smallest absolute Gasteiger partial charge is 0.127 e. The van der Waals surface area contributed by atoms with Gasteiger partial charge in [-0.3, -0.25) is 4.21 Å². The lowest BCUT2D eigenvalue weighted by atomic mass is 10.2. The number of halogens is 2. The Labute approximate surface area is 125 Å². The number of ether oxygens (including phenoxy) is 1. The minimum Gasteiger partial charge on any atom is -0.494 e. The maximum absolute atomic E-state index is 13.4. The van der Waals surface area contributed by atoms with Gasteiger partial charge >= 0.3 is 0 Å². The summed E-state index contributed by atoms with van der Waals surface area (Å²) in [6.07, 6.45) is 0.596. The van der Waals surface area contributed by atoms with Crippen molar-refractivity contribution in [2.45, 2.75) is 12.2 Å². The summed E-state index contributed by atoms with van der Waals surface area (Å²) in [4.78, 5) is 0. The molecule has 0 amide bonds. The molecule has 112 valence electrons. The van der Waals surface area contributed by atoms with Crippen LogP contribution in [-0.2, 0) is 16.6 Å². The fraction of sp³-hybridized carbons (Fsp3) is 0.250. The van der Waals surface area contributed by atoms with Gasteiger partial charge in [0.25, 0.3) is 0 Å². The van der Waals surface area contributed by atoms with E-state index in [0.717, 1.165) is 0 Å². The largest absolute Gasteiger partial charge is 0.494 e. The summed E-state index contributed by atoms with van der Waals surface area (Å²) in [6.45, 7) is 0.397. The Bertz CT molecular complexity index is 599. The molecule has 0 fully saturated rings. The first-order valence-electron chi connectivity index (χ1n) is 6.62. The first-order chi connectivity index (χ1) is 10.1. The van der Waals surface area contributed by atoms with E-state index in [-0.39, 0.29) is 17.4 Å². The van der Waals surface area contributed by atoms with Crippen molar-refractivity contribution in [1.82, 2.24) is 0 Å². The van der Waals surface area contributed by atoms with Crippen LogP contribution in [0.3, 0.4) is 0 Å². The highest BCUT2D eigenvalue weighted by Crippen LogP contribution is 2.12. The van der Waals surface area contributed by atoms with Crippen molar-refractivity contribution in [3.63, 3.8) is 0 Å². The normalized spacial score (nSPS) is 12.1. The Morgan fingerprint density at radius 3 is 2.43 bits per heavy atom. The lowest BCUT2D eigenvalue weighted by Gasteiger charge is -2.06. The first-order valence-corrected chi connectivity index (χ1v) is 8.11. The fourth-order valence-electron chi connectivity index (χ4n) is 1.80. The highest BCUT2D eigenvalue weighted by atomic mass is 32.2. The summed E-state index contributed by atoms with van der Waals surface area (Å²) >= 11 is 0. The van der Waals surface area contributed by atoms with Crippen molar-refractivity contribution < 1.29 is 17.7 Å². The monoisotopic (exact) mass is 310 g/mol. The summed E-state index contributed by atoms with van der Waals surface area (Å²) in [5.41, 5.74) is 0.468. The van der Waals surface area contributed by atoms with Gasteiger partial charge in [-0.2, -0.15) is 0 Å². The second kappa shape index (κ2) is 7.88. The van der Waals surface area contributed by atoms with E-state index < -0.39 is 10.8 Å². The van der Waals surface area contributed by atoms with Gasteiger partial charge in [0.2, 0.25) is 0 Å². The van der Waals surface area contributed by atoms with Crippen LogP contribution in [0.2, 0.25) is 0 Å². The van der Waals surface area contributed by atoms with Gasteiger partial charge in [-0.25, -0.2) is 8.78 Å². The molecular weight excluding hydrogens is 294 g/mol. The third-order valence-corrected chi connectivity index (χ3v) is 4.25. The molecule has 0 spiro atoms. The Kier molecular flexibility index (Phi) is 5.87. The predicted molar refractivity (Wildman–Crippen MR) is 79.6 cm³/mol. The molecule has 0 N–H and O–H groups in total. The van der Waals surface area contributed by atoms with Crippen molar-refractivity contribution >= 4 is 10.8 Å². The average molecular weight is 310 g/mol. The van der Waals surface area contributed by atoms with Crippen molar-refractivity contribution in [3.8, 4) is 5.75 Å². The summed E-state index contributed by atoms with van der Waals surface area (Å²) < 4.78 is 43.4. The Morgan fingerprint density at radius 1 is 1.00 bits per heavy atom.